The van der Waals surface area contributed by atoms with Crippen molar-refractivity contribution >= 4 is 11.9 Å². The molecule has 0 aliphatic heterocycles. The number of methoxy groups -OCH3 is 4. The van der Waals surface area contributed by atoms with Gasteiger partial charge in [0.2, 0.25) is 0 Å². The number of carbonyl (C=O) groups excluding carboxylic acids is 2. The molecule has 224 valence electrons. The van der Waals surface area contributed by atoms with Gasteiger partial charge in [-0.25, -0.2) is 9.59 Å². The zero-order valence-corrected chi connectivity index (χ0v) is 25.7. The lowest BCUT2D eigenvalue weighted by Gasteiger charge is -2.27. The predicted molar refractivity (Wildman–Crippen MR) is 163 cm³/mol. The number of aryl methyl sites for hydroxylation is 2. The Balaban J connectivity index is 1.50. The van der Waals surface area contributed by atoms with Gasteiger partial charge in [-0.1, -0.05) is 38.1 Å². The van der Waals surface area contributed by atoms with Crippen molar-refractivity contribution in [2.75, 3.05) is 28.4 Å². The third-order valence-electron chi connectivity index (χ3n) is 7.44. The fourth-order valence-corrected chi connectivity index (χ4v) is 4.72. The van der Waals surface area contributed by atoms with E-state index in [1.165, 1.54) is 28.4 Å². The fraction of sp³-hybridized carbons (Fsp3) is 0.257. The van der Waals surface area contributed by atoms with Crippen LogP contribution in [0.3, 0.4) is 0 Å². The van der Waals surface area contributed by atoms with Crippen LogP contribution in [0.1, 0.15) is 56.8 Å². The minimum absolute atomic E-state index is 0.351. The average molecular weight is 585 g/mol. The van der Waals surface area contributed by atoms with Crippen molar-refractivity contribution in [3.63, 3.8) is 0 Å². The van der Waals surface area contributed by atoms with E-state index in [9.17, 15) is 9.59 Å². The molecule has 0 aromatic heterocycles. The van der Waals surface area contributed by atoms with E-state index in [0.717, 1.165) is 22.3 Å². The Kier molecular flexibility index (Phi) is 9.29. The zero-order chi connectivity index (χ0) is 31.3. The quantitative estimate of drug-likeness (QED) is 0.144. The van der Waals surface area contributed by atoms with Gasteiger partial charge in [-0.2, -0.15) is 0 Å². The summed E-state index contributed by atoms with van der Waals surface area (Å²) in [6, 6.07) is 21.3. The zero-order valence-electron chi connectivity index (χ0n) is 25.7. The fourth-order valence-electron chi connectivity index (χ4n) is 4.72. The molecule has 0 fully saturated rings. The van der Waals surface area contributed by atoms with Gasteiger partial charge in [-0.15, -0.1) is 0 Å². The van der Waals surface area contributed by atoms with Crippen molar-refractivity contribution in [1.29, 1.82) is 0 Å². The van der Waals surface area contributed by atoms with E-state index in [1.807, 2.05) is 38.1 Å². The second-order valence-corrected chi connectivity index (χ2v) is 10.5. The van der Waals surface area contributed by atoms with Crippen LogP contribution in [0.2, 0.25) is 0 Å². The van der Waals surface area contributed by atoms with Crippen LogP contribution < -0.4 is 28.4 Å². The van der Waals surface area contributed by atoms with Crippen LogP contribution in [0, 0.1) is 13.8 Å². The Morgan fingerprint density at radius 3 is 1.16 bits per heavy atom. The van der Waals surface area contributed by atoms with Gasteiger partial charge in [0.1, 0.15) is 11.5 Å². The maximum atomic E-state index is 12.9. The van der Waals surface area contributed by atoms with Crippen molar-refractivity contribution in [3.8, 4) is 34.5 Å². The summed E-state index contributed by atoms with van der Waals surface area (Å²) < 4.78 is 32.5. The molecule has 4 aromatic rings. The molecule has 0 spiro atoms. The number of ether oxygens (including phenoxy) is 6. The molecule has 0 bridgehead atoms. The summed E-state index contributed by atoms with van der Waals surface area (Å²) in [6.07, 6.45) is 0. The Bertz CT molecular complexity index is 1530. The Hall–Kier alpha value is -4.98. The third-order valence-corrected chi connectivity index (χ3v) is 7.44. The van der Waals surface area contributed by atoms with Gasteiger partial charge in [-0.3, -0.25) is 0 Å². The first kappa shape index (κ1) is 31.0. The Morgan fingerprint density at radius 2 is 0.837 bits per heavy atom. The predicted octanol–water partition coefficient (Wildman–Crippen LogP) is 7.10. The smallest absolute Gasteiger partial charge is 0.343 e. The van der Waals surface area contributed by atoms with E-state index >= 15 is 0 Å². The van der Waals surface area contributed by atoms with Gasteiger partial charge in [0.25, 0.3) is 0 Å². The highest BCUT2D eigenvalue weighted by Gasteiger charge is 2.26. The summed E-state index contributed by atoms with van der Waals surface area (Å²) in [5, 5.41) is 0. The molecule has 0 aliphatic carbocycles. The maximum Gasteiger partial charge on any atom is 0.343 e. The van der Waals surface area contributed by atoms with Crippen LogP contribution in [-0.4, -0.2) is 40.4 Å². The first-order valence-corrected chi connectivity index (χ1v) is 13.6. The van der Waals surface area contributed by atoms with Crippen molar-refractivity contribution in [3.05, 3.63) is 106 Å². The molecule has 0 saturated carbocycles. The highest BCUT2D eigenvalue weighted by atomic mass is 16.5. The normalized spacial score (nSPS) is 11.0. The van der Waals surface area contributed by atoms with Gasteiger partial charge >= 0.3 is 11.9 Å². The lowest BCUT2D eigenvalue weighted by atomic mass is 9.77. The van der Waals surface area contributed by atoms with Crippen LogP contribution in [0.25, 0.3) is 0 Å². The molecule has 8 nitrogen and oxygen atoms in total. The summed E-state index contributed by atoms with van der Waals surface area (Å²) in [6.45, 7) is 8.03. The molecule has 4 rings (SSSR count). The number of benzene rings is 4. The minimum atomic E-state index is -0.495. The molecule has 4 aromatic carbocycles. The van der Waals surface area contributed by atoms with E-state index < -0.39 is 17.4 Å². The van der Waals surface area contributed by atoms with E-state index in [2.05, 4.69) is 13.8 Å². The molecule has 0 heterocycles. The van der Waals surface area contributed by atoms with Crippen molar-refractivity contribution in [2.45, 2.75) is 33.1 Å². The topological polar surface area (TPSA) is 89.5 Å². The number of esters is 2. The van der Waals surface area contributed by atoms with E-state index in [0.29, 0.717) is 45.6 Å². The first-order chi connectivity index (χ1) is 20.5. The average Bonchev–Trinajstić information content (AvgIpc) is 3.01. The Morgan fingerprint density at radius 1 is 0.488 bits per heavy atom. The second kappa shape index (κ2) is 12.9. The van der Waals surface area contributed by atoms with Crippen LogP contribution >= 0.6 is 0 Å². The molecule has 0 radical (unpaired) electrons. The molecular weight excluding hydrogens is 548 g/mol. The summed E-state index contributed by atoms with van der Waals surface area (Å²) in [5.41, 5.74) is 4.00. The van der Waals surface area contributed by atoms with Gasteiger partial charge in [0.15, 0.2) is 23.0 Å². The molecule has 8 heteroatoms. The highest BCUT2D eigenvalue weighted by Crippen LogP contribution is 2.37. The van der Waals surface area contributed by atoms with Crippen LogP contribution in [0.15, 0.2) is 72.8 Å². The molecule has 0 atom stereocenters. The molecule has 0 N–H and O–H groups in total. The van der Waals surface area contributed by atoms with Gasteiger partial charge in [0, 0.05) is 5.41 Å². The monoisotopic (exact) mass is 584 g/mol. The highest BCUT2D eigenvalue weighted by molar-refractivity contribution is 5.92. The van der Waals surface area contributed by atoms with Crippen LogP contribution in [0.5, 0.6) is 34.5 Å². The number of hydrogen-bond acceptors (Lipinski definition) is 8. The minimum Gasteiger partial charge on any atom is -0.493 e. The number of hydrogen-bond donors (Lipinski definition) is 0. The van der Waals surface area contributed by atoms with E-state index in [1.54, 1.807) is 48.5 Å². The van der Waals surface area contributed by atoms with E-state index in [4.69, 9.17) is 28.4 Å². The molecule has 0 unspecified atom stereocenters. The van der Waals surface area contributed by atoms with Crippen molar-refractivity contribution in [1.82, 2.24) is 0 Å². The molecule has 0 amide bonds. The van der Waals surface area contributed by atoms with Crippen molar-refractivity contribution in [2.24, 2.45) is 0 Å². The standard InChI is InChI=1S/C35H36O8/c1-21-17-25(11-15-27(21)42-33(36)23-9-13-29(38-5)31(19-23)40-7)35(3,4)26-12-16-28(22(2)18-26)43-34(37)24-10-14-30(39-6)32(20-24)41-8/h9-20H,1-8H3. The third kappa shape index (κ3) is 6.59. The summed E-state index contributed by atoms with van der Waals surface area (Å²) >= 11 is 0. The Labute approximate surface area is 252 Å². The van der Waals surface area contributed by atoms with Crippen LogP contribution in [0.4, 0.5) is 0 Å². The SMILES string of the molecule is COc1ccc(C(=O)Oc2ccc(C(C)(C)c3ccc(OC(=O)c4ccc(OC)c(OC)c4)c(C)c3)cc2C)cc1OC. The summed E-state index contributed by atoms with van der Waals surface area (Å²) in [7, 11) is 6.10. The van der Waals surface area contributed by atoms with Crippen molar-refractivity contribution < 1.29 is 38.0 Å². The largest absolute Gasteiger partial charge is 0.493 e. The number of rotatable bonds is 10. The van der Waals surface area contributed by atoms with Gasteiger partial charge in [-0.05, 0) is 84.6 Å². The second-order valence-electron chi connectivity index (χ2n) is 10.5. The first-order valence-electron chi connectivity index (χ1n) is 13.6. The molecule has 0 aliphatic rings. The van der Waals surface area contributed by atoms with Crippen LogP contribution in [-0.2, 0) is 5.41 Å². The summed E-state index contributed by atoms with van der Waals surface area (Å²) in [5.74, 6) is 1.89. The maximum absolute atomic E-state index is 12.9. The van der Waals surface area contributed by atoms with E-state index in [-0.39, 0.29) is 0 Å². The van der Waals surface area contributed by atoms with Gasteiger partial charge < -0.3 is 28.4 Å². The number of carbonyl (C=O) groups is 2. The summed E-state index contributed by atoms with van der Waals surface area (Å²) in [4.78, 5) is 25.7. The molecular formula is C35H36O8. The lowest BCUT2D eigenvalue weighted by molar-refractivity contribution is 0.0723. The molecule has 43 heavy (non-hydrogen) atoms. The van der Waals surface area contributed by atoms with Gasteiger partial charge in [0.05, 0.1) is 39.6 Å². The molecule has 0 saturated heterocycles. The lowest BCUT2D eigenvalue weighted by Crippen LogP contribution is -2.20.